The summed E-state index contributed by atoms with van der Waals surface area (Å²) in [6.07, 6.45) is 0.674. The Balaban J connectivity index is 2.39. The lowest BCUT2D eigenvalue weighted by atomic mass is 10.0. The molecule has 0 unspecified atom stereocenters. The van der Waals surface area contributed by atoms with Crippen LogP contribution in [0.2, 0.25) is 0 Å². The molecule has 1 heterocycles. The molecule has 0 saturated heterocycles. The van der Waals surface area contributed by atoms with E-state index in [4.69, 9.17) is 4.74 Å². The lowest BCUT2D eigenvalue weighted by Gasteiger charge is -2.13. The summed E-state index contributed by atoms with van der Waals surface area (Å²) in [5, 5.41) is 0.730. The van der Waals surface area contributed by atoms with E-state index in [0.717, 1.165) is 33.5 Å². The normalized spacial score (nSPS) is 10.8. The molecule has 3 heteroatoms. The second-order valence-electron chi connectivity index (χ2n) is 4.91. The van der Waals surface area contributed by atoms with E-state index in [-0.39, 0.29) is 5.43 Å². The van der Waals surface area contributed by atoms with Crippen LogP contribution in [-0.4, -0.2) is 12.1 Å². The highest BCUT2D eigenvalue weighted by Gasteiger charge is 2.14. The SMILES string of the molecule is CCc1c(-c2ccccc2OC)[nH]c2ccccc2c1=O. The van der Waals surface area contributed by atoms with Crippen LogP contribution >= 0.6 is 0 Å². The van der Waals surface area contributed by atoms with E-state index in [9.17, 15) is 4.79 Å². The maximum Gasteiger partial charge on any atom is 0.193 e. The van der Waals surface area contributed by atoms with Crippen LogP contribution in [0.4, 0.5) is 0 Å². The highest BCUT2D eigenvalue weighted by atomic mass is 16.5. The van der Waals surface area contributed by atoms with Crippen LogP contribution in [0, 0.1) is 0 Å². The summed E-state index contributed by atoms with van der Waals surface area (Å²) in [6.45, 7) is 2.00. The fraction of sp³-hybridized carbons (Fsp3) is 0.167. The number of fused-ring (bicyclic) bond motifs is 1. The Morgan fingerprint density at radius 2 is 1.76 bits per heavy atom. The van der Waals surface area contributed by atoms with Crippen molar-refractivity contribution in [1.29, 1.82) is 0 Å². The summed E-state index contributed by atoms with van der Waals surface area (Å²) >= 11 is 0. The van der Waals surface area contributed by atoms with Crippen molar-refractivity contribution in [2.45, 2.75) is 13.3 Å². The largest absolute Gasteiger partial charge is 0.496 e. The zero-order valence-electron chi connectivity index (χ0n) is 12.1. The third kappa shape index (κ3) is 2.21. The molecule has 3 aromatic rings. The van der Waals surface area contributed by atoms with E-state index in [1.165, 1.54) is 0 Å². The monoisotopic (exact) mass is 279 g/mol. The van der Waals surface area contributed by atoms with Gasteiger partial charge in [0.15, 0.2) is 5.43 Å². The van der Waals surface area contributed by atoms with Crippen molar-refractivity contribution in [3.05, 3.63) is 64.3 Å². The third-order valence-electron chi connectivity index (χ3n) is 3.74. The minimum Gasteiger partial charge on any atom is -0.496 e. The van der Waals surface area contributed by atoms with Gasteiger partial charge in [0.25, 0.3) is 0 Å². The fourth-order valence-electron chi connectivity index (χ4n) is 2.69. The van der Waals surface area contributed by atoms with Gasteiger partial charge in [0, 0.05) is 22.0 Å². The van der Waals surface area contributed by atoms with Crippen molar-refractivity contribution in [3.63, 3.8) is 0 Å². The molecular formula is C18H17NO2. The molecule has 1 N–H and O–H groups in total. The van der Waals surface area contributed by atoms with Crippen LogP contribution in [0.25, 0.3) is 22.2 Å². The Bertz CT molecular complexity index is 849. The lowest BCUT2D eigenvalue weighted by molar-refractivity contribution is 0.416. The number of rotatable bonds is 3. The number of pyridine rings is 1. The first-order valence-corrected chi connectivity index (χ1v) is 7.03. The number of aromatic amines is 1. The topological polar surface area (TPSA) is 42.1 Å². The van der Waals surface area contributed by atoms with Crippen molar-refractivity contribution in [2.75, 3.05) is 7.11 Å². The number of hydrogen-bond donors (Lipinski definition) is 1. The molecule has 106 valence electrons. The second-order valence-corrected chi connectivity index (χ2v) is 4.91. The molecule has 1 aromatic heterocycles. The summed E-state index contributed by atoms with van der Waals surface area (Å²) in [5.41, 5.74) is 3.49. The first-order valence-electron chi connectivity index (χ1n) is 7.03. The standard InChI is InChI=1S/C18H17NO2/c1-3-12-17(14-9-5-7-11-16(14)21-2)19-15-10-6-4-8-13(15)18(12)20/h4-11H,3H2,1-2H3,(H,19,20). The van der Waals surface area contributed by atoms with Gasteiger partial charge in [-0.2, -0.15) is 0 Å². The molecule has 3 rings (SSSR count). The molecule has 0 saturated carbocycles. The highest BCUT2D eigenvalue weighted by molar-refractivity contribution is 5.84. The molecule has 0 fully saturated rings. The Hall–Kier alpha value is -2.55. The molecule has 0 radical (unpaired) electrons. The first-order chi connectivity index (χ1) is 10.3. The molecule has 0 atom stereocenters. The predicted molar refractivity (Wildman–Crippen MR) is 85.9 cm³/mol. The molecule has 0 spiro atoms. The fourth-order valence-corrected chi connectivity index (χ4v) is 2.69. The van der Waals surface area contributed by atoms with Crippen LogP contribution in [0.5, 0.6) is 5.75 Å². The maximum atomic E-state index is 12.7. The highest BCUT2D eigenvalue weighted by Crippen LogP contribution is 2.30. The predicted octanol–water partition coefficient (Wildman–Crippen LogP) is 3.77. The number of methoxy groups -OCH3 is 1. The lowest BCUT2D eigenvalue weighted by Crippen LogP contribution is -2.12. The van der Waals surface area contributed by atoms with Crippen LogP contribution in [0.1, 0.15) is 12.5 Å². The number of nitrogens with one attached hydrogen (secondary N) is 1. The van der Waals surface area contributed by atoms with Gasteiger partial charge in [0.2, 0.25) is 0 Å². The first kappa shape index (κ1) is 13.4. The maximum absolute atomic E-state index is 12.7. The van der Waals surface area contributed by atoms with Gasteiger partial charge in [-0.05, 0) is 30.7 Å². The van der Waals surface area contributed by atoms with Gasteiger partial charge in [0.05, 0.1) is 12.8 Å². The van der Waals surface area contributed by atoms with Gasteiger partial charge in [-0.15, -0.1) is 0 Å². The molecule has 0 bridgehead atoms. The molecule has 0 amide bonds. The summed E-state index contributed by atoms with van der Waals surface area (Å²) in [6, 6.07) is 15.3. The van der Waals surface area contributed by atoms with Gasteiger partial charge < -0.3 is 9.72 Å². The summed E-state index contributed by atoms with van der Waals surface area (Å²) < 4.78 is 5.43. The Morgan fingerprint density at radius 3 is 2.52 bits per heavy atom. The van der Waals surface area contributed by atoms with E-state index in [2.05, 4.69) is 4.98 Å². The van der Waals surface area contributed by atoms with Crippen LogP contribution in [-0.2, 0) is 6.42 Å². The quantitative estimate of drug-likeness (QED) is 0.793. The number of benzene rings is 2. The number of para-hydroxylation sites is 2. The zero-order valence-corrected chi connectivity index (χ0v) is 12.1. The molecular weight excluding hydrogens is 262 g/mol. The van der Waals surface area contributed by atoms with Gasteiger partial charge >= 0.3 is 0 Å². The van der Waals surface area contributed by atoms with Crippen molar-refractivity contribution < 1.29 is 4.74 Å². The van der Waals surface area contributed by atoms with Crippen molar-refractivity contribution in [1.82, 2.24) is 4.98 Å². The molecule has 0 aliphatic heterocycles. The van der Waals surface area contributed by atoms with Crippen LogP contribution in [0.15, 0.2) is 53.3 Å². The van der Waals surface area contributed by atoms with E-state index < -0.39 is 0 Å². The van der Waals surface area contributed by atoms with E-state index in [1.54, 1.807) is 7.11 Å². The van der Waals surface area contributed by atoms with Crippen molar-refractivity contribution in [2.24, 2.45) is 0 Å². The molecule has 0 aliphatic carbocycles. The van der Waals surface area contributed by atoms with Gasteiger partial charge in [0.1, 0.15) is 5.75 Å². The molecule has 21 heavy (non-hydrogen) atoms. The summed E-state index contributed by atoms with van der Waals surface area (Å²) in [7, 11) is 1.64. The van der Waals surface area contributed by atoms with E-state index in [1.807, 2.05) is 55.5 Å². The average Bonchev–Trinajstić information content (AvgIpc) is 2.54. The Morgan fingerprint density at radius 1 is 1.05 bits per heavy atom. The molecule has 0 aliphatic rings. The molecule has 3 nitrogen and oxygen atoms in total. The minimum atomic E-state index is 0.0905. The van der Waals surface area contributed by atoms with E-state index >= 15 is 0 Å². The Labute approximate surface area is 123 Å². The van der Waals surface area contributed by atoms with E-state index in [0.29, 0.717) is 6.42 Å². The Kier molecular flexibility index (Phi) is 3.48. The summed E-state index contributed by atoms with van der Waals surface area (Å²) in [5.74, 6) is 0.762. The van der Waals surface area contributed by atoms with Gasteiger partial charge in [-0.1, -0.05) is 31.2 Å². The number of H-pyrrole nitrogens is 1. The third-order valence-corrected chi connectivity index (χ3v) is 3.74. The van der Waals surface area contributed by atoms with Crippen LogP contribution < -0.4 is 10.2 Å². The zero-order chi connectivity index (χ0) is 14.8. The van der Waals surface area contributed by atoms with Gasteiger partial charge in [-0.25, -0.2) is 0 Å². The number of ether oxygens (including phenoxy) is 1. The second kappa shape index (κ2) is 5.44. The van der Waals surface area contributed by atoms with Crippen molar-refractivity contribution >= 4 is 10.9 Å². The number of aromatic nitrogens is 1. The summed E-state index contributed by atoms with van der Waals surface area (Å²) in [4.78, 5) is 16.1. The molecule has 2 aromatic carbocycles. The van der Waals surface area contributed by atoms with Crippen LogP contribution in [0.3, 0.4) is 0 Å². The smallest absolute Gasteiger partial charge is 0.193 e. The van der Waals surface area contributed by atoms with Crippen molar-refractivity contribution in [3.8, 4) is 17.0 Å². The minimum absolute atomic E-state index is 0.0905. The van der Waals surface area contributed by atoms with Gasteiger partial charge in [-0.3, -0.25) is 4.79 Å². The average molecular weight is 279 g/mol. The number of hydrogen-bond acceptors (Lipinski definition) is 2.